The number of likely N-dealkylation sites (N-methyl/N-ethyl adjacent to an activating group) is 1. The van der Waals surface area contributed by atoms with Gasteiger partial charge in [-0.1, -0.05) is 33.8 Å². The fourth-order valence-corrected chi connectivity index (χ4v) is 4.12. The van der Waals surface area contributed by atoms with Crippen LogP contribution in [0.4, 0.5) is 0 Å². The molecule has 182 valence electrons. The second-order valence-corrected chi connectivity index (χ2v) is 8.96. The monoisotopic (exact) mass is 465 g/mol. The molecule has 0 bridgehead atoms. The number of carbonyl (C=O) groups excluding carboxylic acids is 2. The van der Waals surface area contributed by atoms with Crippen LogP contribution in [-0.2, 0) is 9.59 Å². The molecule has 1 atom stereocenters. The van der Waals surface area contributed by atoms with E-state index in [0.29, 0.717) is 36.9 Å². The van der Waals surface area contributed by atoms with Crippen molar-refractivity contribution in [2.24, 2.45) is 5.92 Å². The van der Waals surface area contributed by atoms with E-state index in [1.54, 1.807) is 36.5 Å². The third kappa shape index (κ3) is 5.47. The van der Waals surface area contributed by atoms with E-state index in [1.165, 1.54) is 4.90 Å². The zero-order valence-corrected chi connectivity index (χ0v) is 20.7. The van der Waals surface area contributed by atoms with E-state index >= 15 is 0 Å². The smallest absolute Gasteiger partial charge is 0.295 e. The predicted octanol–water partition coefficient (Wildman–Crippen LogP) is 4.19. The van der Waals surface area contributed by atoms with Gasteiger partial charge in [0, 0.05) is 24.8 Å². The van der Waals surface area contributed by atoms with E-state index in [2.05, 4.69) is 37.6 Å². The van der Waals surface area contributed by atoms with Gasteiger partial charge in [-0.05, 0) is 61.8 Å². The minimum atomic E-state index is -0.742. The summed E-state index contributed by atoms with van der Waals surface area (Å²) in [7, 11) is 0. The standard InChI is InChI=1S/C27H35N3O4/c1-6-29(7-2)14-15-30-24(21-10-8-9-13-28-21)23(26(32)27(30)33)25(31)20-11-12-22(19(5)16-20)34-17-18(3)4/h8-13,16,18,24,31H,6-7,14-15,17H2,1-5H3/b25-23-. The molecule has 2 heterocycles. The fourth-order valence-electron chi connectivity index (χ4n) is 4.12. The van der Waals surface area contributed by atoms with Crippen LogP contribution in [0.15, 0.2) is 48.2 Å². The average molecular weight is 466 g/mol. The van der Waals surface area contributed by atoms with Gasteiger partial charge in [0.15, 0.2) is 0 Å². The number of hydrogen-bond acceptors (Lipinski definition) is 6. The zero-order valence-electron chi connectivity index (χ0n) is 20.7. The number of benzene rings is 1. The highest BCUT2D eigenvalue weighted by Crippen LogP contribution is 2.39. The number of likely N-dealkylation sites (tertiary alicyclic amines) is 1. The number of amides is 1. The minimum Gasteiger partial charge on any atom is -0.507 e. The molecule has 0 saturated carbocycles. The number of carbonyl (C=O) groups is 2. The van der Waals surface area contributed by atoms with Crippen molar-refractivity contribution in [2.45, 2.75) is 40.7 Å². The molecule has 2 aromatic rings. The lowest BCUT2D eigenvalue weighted by molar-refractivity contribution is -0.140. The number of nitrogens with zero attached hydrogens (tertiary/aromatic N) is 3. The topological polar surface area (TPSA) is 83.0 Å². The van der Waals surface area contributed by atoms with Crippen LogP contribution in [0.5, 0.6) is 5.75 Å². The summed E-state index contributed by atoms with van der Waals surface area (Å²) in [5, 5.41) is 11.3. The van der Waals surface area contributed by atoms with Gasteiger partial charge < -0.3 is 19.6 Å². The Morgan fingerprint density at radius 1 is 1.18 bits per heavy atom. The Hall–Kier alpha value is -3.19. The number of rotatable bonds is 10. The summed E-state index contributed by atoms with van der Waals surface area (Å²) in [6, 6.07) is 9.93. The Bertz CT molecular complexity index is 1050. The molecule has 7 heteroatoms. The summed E-state index contributed by atoms with van der Waals surface area (Å²) in [6.07, 6.45) is 1.63. The number of Topliss-reactive ketones (excluding diaryl/α,β-unsaturated/α-hetero) is 1. The molecule has 1 unspecified atom stereocenters. The van der Waals surface area contributed by atoms with Crippen molar-refractivity contribution < 1.29 is 19.4 Å². The van der Waals surface area contributed by atoms with E-state index in [9.17, 15) is 14.7 Å². The number of aryl methyl sites for hydroxylation is 1. The average Bonchev–Trinajstić information content (AvgIpc) is 3.08. The molecule has 0 radical (unpaired) electrons. The molecule has 1 amide bonds. The number of pyridine rings is 1. The first kappa shape index (κ1) is 25.4. The molecule has 1 fully saturated rings. The summed E-state index contributed by atoms with van der Waals surface area (Å²) in [5.74, 6) is -0.384. The molecule has 34 heavy (non-hydrogen) atoms. The van der Waals surface area contributed by atoms with Gasteiger partial charge in [0.05, 0.1) is 17.9 Å². The summed E-state index contributed by atoms with van der Waals surface area (Å²) in [4.78, 5) is 34.4. The van der Waals surface area contributed by atoms with Gasteiger partial charge in [0.2, 0.25) is 0 Å². The number of aliphatic hydroxyl groups excluding tert-OH is 1. The summed E-state index contributed by atoms with van der Waals surface area (Å²) in [6.45, 7) is 13.4. The van der Waals surface area contributed by atoms with Crippen LogP contribution in [0.2, 0.25) is 0 Å². The number of ketones is 1. The van der Waals surface area contributed by atoms with Crippen molar-refractivity contribution in [3.05, 3.63) is 65.0 Å². The summed E-state index contributed by atoms with van der Waals surface area (Å²) < 4.78 is 5.84. The van der Waals surface area contributed by atoms with E-state index in [4.69, 9.17) is 4.74 Å². The summed E-state index contributed by atoms with van der Waals surface area (Å²) >= 11 is 0. The lowest BCUT2D eigenvalue weighted by atomic mass is 9.97. The largest absolute Gasteiger partial charge is 0.507 e. The SMILES string of the molecule is CCN(CC)CCN1C(=O)C(=O)/C(=C(\O)c2ccc(OCC(C)C)c(C)c2)C1c1ccccn1. The lowest BCUT2D eigenvalue weighted by Crippen LogP contribution is -2.38. The highest BCUT2D eigenvalue weighted by atomic mass is 16.5. The van der Waals surface area contributed by atoms with Crippen LogP contribution >= 0.6 is 0 Å². The van der Waals surface area contributed by atoms with E-state index in [1.807, 2.05) is 13.0 Å². The van der Waals surface area contributed by atoms with E-state index in [0.717, 1.165) is 24.4 Å². The number of aliphatic hydroxyl groups is 1. The third-order valence-electron chi connectivity index (χ3n) is 6.08. The molecular formula is C27H35N3O4. The van der Waals surface area contributed by atoms with E-state index < -0.39 is 17.7 Å². The van der Waals surface area contributed by atoms with Gasteiger partial charge in [-0.2, -0.15) is 0 Å². The van der Waals surface area contributed by atoms with Crippen LogP contribution in [0.1, 0.15) is 50.6 Å². The lowest BCUT2D eigenvalue weighted by Gasteiger charge is -2.27. The number of ether oxygens (including phenoxy) is 1. The number of hydrogen-bond donors (Lipinski definition) is 1. The maximum absolute atomic E-state index is 13.2. The second-order valence-electron chi connectivity index (χ2n) is 8.96. The fraction of sp³-hybridized carbons (Fsp3) is 0.444. The first-order chi connectivity index (χ1) is 16.3. The van der Waals surface area contributed by atoms with Crippen LogP contribution in [-0.4, -0.2) is 64.4 Å². The van der Waals surface area contributed by atoms with Crippen molar-refractivity contribution in [2.75, 3.05) is 32.8 Å². The molecule has 7 nitrogen and oxygen atoms in total. The molecule has 1 aliphatic rings. The Balaban J connectivity index is 2.02. The molecule has 3 rings (SSSR count). The van der Waals surface area contributed by atoms with Crippen LogP contribution in [0, 0.1) is 12.8 Å². The normalized spacial score (nSPS) is 17.7. The van der Waals surface area contributed by atoms with Crippen molar-refractivity contribution in [3.63, 3.8) is 0 Å². The first-order valence-electron chi connectivity index (χ1n) is 11.9. The van der Waals surface area contributed by atoms with Crippen LogP contribution in [0.25, 0.3) is 5.76 Å². The van der Waals surface area contributed by atoms with Gasteiger partial charge in [-0.3, -0.25) is 14.6 Å². The molecule has 1 aromatic heterocycles. The predicted molar refractivity (Wildman–Crippen MR) is 133 cm³/mol. The molecule has 1 aromatic carbocycles. The van der Waals surface area contributed by atoms with E-state index in [-0.39, 0.29) is 11.3 Å². The van der Waals surface area contributed by atoms with Crippen molar-refractivity contribution in [3.8, 4) is 5.75 Å². The minimum absolute atomic E-state index is 0.0681. The zero-order chi connectivity index (χ0) is 24.8. The molecule has 0 spiro atoms. The summed E-state index contributed by atoms with van der Waals surface area (Å²) in [5.41, 5.74) is 1.93. The quantitative estimate of drug-likeness (QED) is 0.322. The molecular weight excluding hydrogens is 430 g/mol. The molecule has 0 aliphatic carbocycles. The van der Waals surface area contributed by atoms with Gasteiger partial charge in [0.25, 0.3) is 11.7 Å². The van der Waals surface area contributed by atoms with Crippen molar-refractivity contribution in [1.29, 1.82) is 0 Å². The Labute approximate surface area is 202 Å². The van der Waals surface area contributed by atoms with Gasteiger partial charge in [-0.15, -0.1) is 0 Å². The van der Waals surface area contributed by atoms with Crippen LogP contribution < -0.4 is 4.74 Å². The highest BCUT2D eigenvalue weighted by Gasteiger charge is 2.46. The van der Waals surface area contributed by atoms with Crippen molar-refractivity contribution >= 4 is 17.4 Å². The molecule has 1 aliphatic heterocycles. The maximum Gasteiger partial charge on any atom is 0.295 e. The molecule has 1 N–H and O–H groups in total. The number of aromatic nitrogens is 1. The van der Waals surface area contributed by atoms with Gasteiger partial charge >= 0.3 is 0 Å². The molecule has 1 saturated heterocycles. The van der Waals surface area contributed by atoms with Crippen LogP contribution in [0.3, 0.4) is 0 Å². The third-order valence-corrected chi connectivity index (χ3v) is 6.08. The Morgan fingerprint density at radius 3 is 2.50 bits per heavy atom. The highest BCUT2D eigenvalue weighted by molar-refractivity contribution is 6.46. The van der Waals surface area contributed by atoms with Gasteiger partial charge in [0.1, 0.15) is 17.6 Å². The first-order valence-corrected chi connectivity index (χ1v) is 11.9. The maximum atomic E-state index is 13.2. The Morgan fingerprint density at radius 2 is 1.91 bits per heavy atom. The Kier molecular flexibility index (Phi) is 8.45. The van der Waals surface area contributed by atoms with Gasteiger partial charge in [-0.25, -0.2) is 0 Å². The second kappa shape index (κ2) is 11.3. The van der Waals surface area contributed by atoms with Crippen molar-refractivity contribution in [1.82, 2.24) is 14.8 Å².